The van der Waals surface area contributed by atoms with E-state index >= 15 is 0 Å². The molecule has 46 heavy (non-hydrogen) atoms. The summed E-state index contributed by atoms with van der Waals surface area (Å²) in [5.74, 6) is 0.00376. The predicted molar refractivity (Wildman–Crippen MR) is 175 cm³/mol. The maximum Gasteiger partial charge on any atom is 0.410 e. The third-order valence-electron chi connectivity index (χ3n) is 8.00. The van der Waals surface area contributed by atoms with Gasteiger partial charge in [-0.25, -0.2) is 9.59 Å². The number of nitrogens with one attached hydrogen (secondary N) is 1. The van der Waals surface area contributed by atoms with Crippen LogP contribution in [0.5, 0.6) is 5.75 Å². The van der Waals surface area contributed by atoms with E-state index in [0.717, 1.165) is 18.4 Å². The van der Waals surface area contributed by atoms with Crippen LogP contribution in [0.15, 0.2) is 42.5 Å². The Bertz CT molecular complexity index is 1430. The first-order chi connectivity index (χ1) is 21.6. The standard InChI is InChI=1S/C35H48N4O7/c1-23(2)39(26-15-12-17-37(21-26)33(43)46-34(4,5)6)30(40)27-20-28-29(19-24(27)3)45-35(7,8)31(41)38(28)18-16-36-32(42)44-22-25-13-10-9-11-14-25/h9-11,13-14,19-20,23,26H,12,15-18,21-22H2,1-8H3,(H,36,42)/t26-/m1/s1. The Morgan fingerprint density at radius 1 is 1.13 bits per heavy atom. The molecule has 2 aromatic carbocycles. The summed E-state index contributed by atoms with van der Waals surface area (Å²) in [6.07, 6.45) is 0.519. The molecule has 11 heteroatoms. The summed E-state index contributed by atoms with van der Waals surface area (Å²) in [7, 11) is 0. The summed E-state index contributed by atoms with van der Waals surface area (Å²) >= 11 is 0. The van der Waals surface area contributed by atoms with Crippen molar-refractivity contribution in [1.82, 2.24) is 15.1 Å². The van der Waals surface area contributed by atoms with Crippen LogP contribution in [0.2, 0.25) is 0 Å². The van der Waals surface area contributed by atoms with Crippen LogP contribution < -0.4 is 15.0 Å². The van der Waals surface area contributed by atoms with Gasteiger partial charge in [-0.3, -0.25) is 9.59 Å². The molecule has 2 aromatic rings. The van der Waals surface area contributed by atoms with Crippen LogP contribution in [0, 0.1) is 6.92 Å². The molecular weight excluding hydrogens is 588 g/mol. The predicted octanol–water partition coefficient (Wildman–Crippen LogP) is 5.68. The Hall–Kier alpha value is -4.28. The summed E-state index contributed by atoms with van der Waals surface area (Å²) in [5.41, 5.74) is 0.720. The quantitative estimate of drug-likeness (QED) is 0.397. The zero-order valence-corrected chi connectivity index (χ0v) is 28.3. The number of aryl methyl sites for hydroxylation is 1. The van der Waals surface area contributed by atoms with Crippen molar-refractivity contribution in [2.24, 2.45) is 0 Å². The van der Waals surface area contributed by atoms with E-state index in [2.05, 4.69) is 5.32 Å². The number of benzene rings is 2. The molecule has 0 spiro atoms. The van der Waals surface area contributed by atoms with E-state index in [0.29, 0.717) is 35.7 Å². The SMILES string of the molecule is Cc1cc2c(cc1C(=O)N(C(C)C)[C@@H]1CCCN(C(=O)OC(C)(C)C)C1)N(CCNC(=O)OCc1ccccc1)C(=O)C(C)(C)O2. The van der Waals surface area contributed by atoms with Gasteiger partial charge in [0.15, 0.2) is 5.60 Å². The molecule has 250 valence electrons. The van der Waals surface area contributed by atoms with Crippen LogP contribution in [0.1, 0.15) is 82.8 Å². The number of ether oxygens (including phenoxy) is 3. The lowest BCUT2D eigenvalue weighted by molar-refractivity contribution is -0.132. The number of nitrogens with zero attached hydrogens (tertiary/aromatic N) is 3. The fourth-order valence-electron chi connectivity index (χ4n) is 5.85. The number of likely N-dealkylation sites (tertiary alicyclic amines) is 1. The lowest BCUT2D eigenvalue weighted by Gasteiger charge is -2.42. The second kappa shape index (κ2) is 14.0. The van der Waals surface area contributed by atoms with Crippen LogP contribution in [0.3, 0.4) is 0 Å². The molecule has 0 saturated carbocycles. The average Bonchev–Trinajstić information content (AvgIpc) is 2.97. The van der Waals surface area contributed by atoms with Gasteiger partial charge < -0.3 is 34.2 Å². The van der Waals surface area contributed by atoms with Gasteiger partial charge in [-0.15, -0.1) is 0 Å². The molecule has 2 aliphatic heterocycles. The largest absolute Gasteiger partial charge is 0.476 e. The fraction of sp³-hybridized carbons (Fsp3) is 0.543. The van der Waals surface area contributed by atoms with Gasteiger partial charge in [0.25, 0.3) is 11.8 Å². The van der Waals surface area contributed by atoms with Crippen molar-refractivity contribution >= 4 is 29.7 Å². The van der Waals surface area contributed by atoms with Crippen molar-refractivity contribution < 1.29 is 33.4 Å². The van der Waals surface area contributed by atoms with Crippen molar-refractivity contribution in [3.8, 4) is 5.75 Å². The van der Waals surface area contributed by atoms with E-state index in [4.69, 9.17) is 14.2 Å². The molecule has 2 aliphatic rings. The molecule has 1 fully saturated rings. The van der Waals surface area contributed by atoms with E-state index < -0.39 is 17.3 Å². The minimum absolute atomic E-state index is 0.132. The summed E-state index contributed by atoms with van der Waals surface area (Å²) < 4.78 is 17.0. The van der Waals surface area contributed by atoms with Gasteiger partial charge in [0.1, 0.15) is 18.0 Å². The number of rotatable bonds is 8. The summed E-state index contributed by atoms with van der Waals surface area (Å²) in [4.78, 5) is 58.1. The minimum atomic E-state index is -1.14. The lowest BCUT2D eigenvalue weighted by atomic mass is 9.97. The highest BCUT2D eigenvalue weighted by Gasteiger charge is 2.42. The molecule has 4 amide bonds. The van der Waals surface area contributed by atoms with Crippen molar-refractivity contribution in [2.75, 3.05) is 31.1 Å². The highest BCUT2D eigenvalue weighted by molar-refractivity contribution is 6.05. The topological polar surface area (TPSA) is 118 Å². The lowest BCUT2D eigenvalue weighted by Crippen LogP contribution is -2.55. The van der Waals surface area contributed by atoms with Crippen molar-refractivity contribution in [2.45, 2.75) is 98.1 Å². The molecule has 0 unspecified atom stereocenters. The van der Waals surface area contributed by atoms with Crippen LogP contribution in [0.25, 0.3) is 0 Å². The number of carbonyl (C=O) groups is 4. The normalized spacial score (nSPS) is 17.6. The molecule has 0 radical (unpaired) electrons. The number of piperidine rings is 1. The van der Waals surface area contributed by atoms with E-state index in [1.807, 2.05) is 76.8 Å². The second-order valence-corrected chi connectivity index (χ2v) is 13.7. The average molecular weight is 637 g/mol. The zero-order chi connectivity index (χ0) is 33.8. The Balaban J connectivity index is 1.53. The maximum atomic E-state index is 14.3. The van der Waals surface area contributed by atoms with Gasteiger partial charge in [-0.05, 0) is 91.5 Å². The highest BCUT2D eigenvalue weighted by atomic mass is 16.6. The highest BCUT2D eigenvalue weighted by Crippen LogP contribution is 2.40. The summed E-state index contributed by atoms with van der Waals surface area (Å²) in [6.45, 7) is 16.0. The van der Waals surface area contributed by atoms with Crippen LogP contribution in [-0.4, -0.2) is 83.3 Å². The number of hydrogen-bond acceptors (Lipinski definition) is 7. The van der Waals surface area contributed by atoms with Gasteiger partial charge in [-0.2, -0.15) is 0 Å². The monoisotopic (exact) mass is 636 g/mol. The Morgan fingerprint density at radius 3 is 2.48 bits per heavy atom. The number of carbonyl (C=O) groups excluding carboxylic acids is 4. The van der Waals surface area contributed by atoms with Crippen molar-refractivity contribution in [3.63, 3.8) is 0 Å². The molecule has 0 aliphatic carbocycles. The molecule has 1 atom stereocenters. The Labute approximate surface area is 272 Å². The molecule has 11 nitrogen and oxygen atoms in total. The number of fused-ring (bicyclic) bond motifs is 1. The van der Waals surface area contributed by atoms with E-state index in [1.54, 1.807) is 35.8 Å². The first kappa shape index (κ1) is 34.6. The molecule has 0 bridgehead atoms. The molecule has 4 rings (SSSR count). The first-order valence-corrected chi connectivity index (χ1v) is 16.0. The number of alkyl carbamates (subject to hydrolysis) is 1. The molecule has 1 saturated heterocycles. The van der Waals surface area contributed by atoms with E-state index in [9.17, 15) is 19.2 Å². The van der Waals surface area contributed by atoms with Gasteiger partial charge in [0, 0.05) is 37.8 Å². The third-order valence-corrected chi connectivity index (χ3v) is 8.00. The van der Waals surface area contributed by atoms with Gasteiger partial charge in [-0.1, -0.05) is 30.3 Å². The van der Waals surface area contributed by atoms with Crippen LogP contribution >= 0.6 is 0 Å². The number of hydrogen-bond donors (Lipinski definition) is 1. The third kappa shape index (κ3) is 8.30. The van der Waals surface area contributed by atoms with Crippen molar-refractivity contribution in [1.29, 1.82) is 0 Å². The molecule has 2 heterocycles. The molecular formula is C35H48N4O7. The molecule has 1 N–H and O–H groups in total. The van der Waals surface area contributed by atoms with Crippen LogP contribution in [0.4, 0.5) is 15.3 Å². The van der Waals surface area contributed by atoms with Gasteiger partial charge in [0.05, 0.1) is 11.7 Å². The summed E-state index contributed by atoms with van der Waals surface area (Å²) in [5, 5.41) is 2.72. The Morgan fingerprint density at radius 2 is 1.83 bits per heavy atom. The van der Waals surface area contributed by atoms with Gasteiger partial charge >= 0.3 is 12.2 Å². The first-order valence-electron chi connectivity index (χ1n) is 16.0. The van der Waals surface area contributed by atoms with E-state index in [1.165, 1.54) is 0 Å². The minimum Gasteiger partial charge on any atom is -0.476 e. The smallest absolute Gasteiger partial charge is 0.410 e. The maximum absolute atomic E-state index is 14.3. The number of anilines is 1. The Kier molecular flexibility index (Phi) is 10.5. The zero-order valence-electron chi connectivity index (χ0n) is 28.3. The second-order valence-electron chi connectivity index (χ2n) is 13.7. The summed E-state index contributed by atoms with van der Waals surface area (Å²) in [6, 6.07) is 12.5. The van der Waals surface area contributed by atoms with Crippen molar-refractivity contribution in [3.05, 3.63) is 59.2 Å². The number of amides is 4. The van der Waals surface area contributed by atoms with E-state index in [-0.39, 0.29) is 49.7 Å². The van der Waals surface area contributed by atoms with Gasteiger partial charge in [0.2, 0.25) is 0 Å². The molecule has 0 aromatic heterocycles. The fourth-order valence-corrected chi connectivity index (χ4v) is 5.85. The van der Waals surface area contributed by atoms with Crippen LogP contribution in [-0.2, 0) is 20.9 Å².